The Bertz CT molecular complexity index is 533. The van der Waals surface area contributed by atoms with E-state index in [2.05, 4.69) is 6.92 Å². The number of hydrogen-bond acceptors (Lipinski definition) is 2. The molecule has 152 valence electrons. The Hall–Kier alpha value is -1.84. The van der Waals surface area contributed by atoms with Gasteiger partial charge in [0, 0.05) is 0 Å². The Labute approximate surface area is 164 Å². The molecule has 0 atom stereocenters. The fourth-order valence-electron chi connectivity index (χ4n) is 3.43. The molecular formula is C23H36O4. The predicted molar refractivity (Wildman–Crippen MR) is 110 cm³/mol. The largest absolute Gasteiger partial charge is 0.478 e. The Morgan fingerprint density at radius 2 is 1.00 bits per heavy atom. The zero-order valence-corrected chi connectivity index (χ0v) is 16.8. The molecule has 0 heterocycles. The molecule has 0 aliphatic heterocycles. The van der Waals surface area contributed by atoms with Gasteiger partial charge < -0.3 is 10.2 Å². The third kappa shape index (κ3) is 10.8. The molecule has 4 heteroatoms. The monoisotopic (exact) mass is 376 g/mol. The van der Waals surface area contributed by atoms with Crippen molar-refractivity contribution in [1.82, 2.24) is 0 Å². The van der Waals surface area contributed by atoms with Crippen molar-refractivity contribution >= 4 is 11.9 Å². The zero-order chi connectivity index (χ0) is 19.9. The van der Waals surface area contributed by atoms with E-state index in [1.807, 2.05) is 0 Å². The van der Waals surface area contributed by atoms with Crippen molar-refractivity contribution in [3.63, 3.8) is 0 Å². The van der Waals surface area contributed by atoms with E-state index in [-0.39, 0.29) is 11.1 Å². The molecule has 4 nitrogen and oxygen atoms in total. The third-order valence-electron chi connectivity index (χ3n) is 5.06. The summed E-state index contributed by atoms with van der Waals surface area (Å²) >= 11 is 0. The summed E-state index contributed by atoms with van der Waals surface area (Å²) in [7, 11) is 0. The van der Waals surface area contributed by atoms with Crippen LogP contribution in [0, 0.1) is 0 Å². The average molecular weight is 377 g/mol. The molecule has 0 bridgehead atoms. The normalized spacial score (nSPS) is 10.9. The molecule has 0 fully saturated rings. The van der Waals surface area contributed by atoms with Gasteiger partial charge in [0.15, 0.2) is 0 Å². The SMILES string of the molecule is CCCCCCCCCCCCCCCc1cc(C(=O)O)cc(C(=O)O)c1. The number of aryl methyl sites for hydroxylation is 1. The van der Waals surface area contributed by atoms with Crippen LogP contribution in [-0.2, 0) is 6.42 Å². The lowest BCUT2D eigenvalue weighted by atomic mass is 10.00. The molecule has 0 aromatic heterocycles. The lowest BCUT2D eigenvalue weighted by molar-refractivity contribution is 0.0696. The number of rotatable bonds is 16. The van der Waals surface area contributed by atoms with Gasteiger partial charge in [-0.25, -0.2) is 9.59 Å². The van der Waals surface area contributed by atoms with E-state index in [4.69, 9.17) is 10.2 Å². The van der Waals surface area contributed by atoms with E-state index in [0.29, 0.717) is 0 Å². The Kier molecular flexibility index (Phi) is 12.2. The number of aromatic carboxylic acids is 2. The van der Waals surface area contributed by atoms with E-state index in [9.17, 15) is 9.59 Å². The molecule has 0 amide bonds. The summed E-state index contributed by atoms with van der Waals surface area (Å²) in [5, 5.41) is 18.2. The van der Waals surface area contributed by atoms with Crippen LogP contribution in [0.3, 0.4) is 0 Å². The van der Waals surface area contributed by atoms with Gasteiger partial charge in [-0.1, -0.05) is 84.0 Å². The average Bonchev–Trinajstić information content (AvgIpc) is 2.65. The van der Waals surface area contributed by atoms with Crippen LogP contribution in [-0.4, -0.2) is 22.2 Å². The van der Waals surface area contributed by atoms with Gasteiger partial charge in [-0.15, -0.1) is 0 Å². The fraction of sp³-hybridized carbons (Fsp3) is 0.652. The van der Waals surface area contributed by atoms with Crippen LogP contribution in [0.2, 0.25) is 0 Å². The second-order valence-corrected chi connectivity index (χ2v) is 7.52. The molecule has 27 heavy (non-hydrogen) atoms. The van der Waals surface area contributed by atoms with Crippen molar-refractivity contribution in [2.75, 3.05) is 0 Å². The molecule has 0 saturated heterocycles. The van der Waals surface area contributed by atoms with Gasteiger partial charge in [-0.05, 0) is 36.6 Å². The first-order valence-corrected chi connectivity index (χ1v) is 10.6. The molecular weight excluding hydrogens is 340 g/mol. The second-order valence-electron chi connectivity index (χ2n) is 7.52. The first-order valence-electron chi connectivity index (χ1n) is 10.6. The summed E-state index contributed by atoms with van der Waals surface area (Å²) in [5.74, 6) is -2.16. The summed E-state index contributed by atoms with van der Waals surface area (Å²) in [4.78, 5) is 22.2. The van der Waals surface area contributed by atoms with Gasteiger partial charge in [-0.2, -0.15) is 0 Å². The molecule has 0 spiro atoms. The van der Waals surface area contributed by atoms with Crippen LogP contribution < -0.4 is 0 Å². The minimum Gasteiger partial charge on any atom is -0.478 e. The van der Waals surface area contributed by atoms with Crippen LogP contribution in [0.25, 0.3) is 0 Å². The van der Waals surface area contributed by atoms with Crippen LogP contribution in [0.5, 0.6) is 0 Å². The van der Waals surface area contributed by atoms with Crippen LogP contribution >= 0.6 is 0 Å². The fourth-order valence-corrected chi connectivity index (χ4v) is 3.43. The number of carboxylic acids is 2. The molecule has 0 unspecified atom stereocenters. The van der Waals surface area contributed by atoms with Gasteiger partial charge in [0.2, 0.25) is 0 Å². The van der Waals surface area contributed by atoms with Crippen molar-refractivity contribution in [2.24, 2.45) is 0 Å². The molecule has 0 aliphatic carbocycles. The summed E-state index contributed by atoms with van der Waals surface area (Å²) in [5.41, 5.74) is 0.912. The highest BCUT2D eigenvalue weighted by atomic mass is 16.4. The van der Waals surface area contributed by atoms with E-state index in [1.54, 1.807) is 12.1 Å². The second kappa shape index (κ2) is 14.2. The van der Waals surface area contributed by atoms with Crippen molar-refractivity contribution in [1.29, 1.82) is 0 Å². The highest BCUT2D eigenvalue weighted by Gasteiger charge is 2.11. The molecule has 0 aliphatic rings. The summed E-state index contributed by atoms with van der Waals surface area (Å²) in [6.45, 7) is 2.25. The summed E-state index contributed by atoms with van der Waals surface area (Å²) < 4.78 is 0. The lowest BCUT2D eigenvalue weighted by Crippen LogP contribution is -2.04. The number of unbranched alkanes of at least 4 members (excludes halogenated alkanes) is 12. The van der Waals surface area contributed by atoms with E-state index >= 15 is 0 Å². The maximum atomic E-state index is 11.1. The van der Waals surface area contributed by atoms with Crippen LogP contribution in [0.4, 0.5) is 0 Å². The highest BCUT2D eigenvalue weighted by Crippen LogP contribution is 2.16. The van der Waals surface area contributed by atoms with Gasteiger partial charge in [0.25, 0.3) is 0 Å². The van der Waals surface area contributed by atoms with Crippen LogP contribution in [0.1, 0.15) is 117 Å². The molecule has 0 saturated carbocycles. The van der Waals surface area contributed by atoms with Crippen LogP contribution in [0.15, 0.2) is 18.2 Å². The van der Waals surface area contributed by atoms with Crippen molar-refractivity contribution in [2.45, 2.75) is 96.8 Å². The van der Waals surface area contributed by atoms with Gasteiger partial charge in [0.1, 0.15) is 0 Å². The van der Waals surface area contributed by atoms with Crippen molar-refractivity contribution in [3.8, 4) is 0 Å². The summed E-state index contributed by atoms with van der Waals surface area (Å²) in [6, 6.07) is 4.41. The van der Waals surface area contributed by atoms with E-state index < -0.39 is 11.9 Å². The zero-order valence-electron chi connectivity index (χ0n) is 16.8. The van der Waals surface area contributed by atoms with Gasteiger partial charge in [-0.3, -0.25) is 0 Å². The minimum atomic E-state index is -1.08. The first kappa shape index (κ1) is 23.2. The number of carboxylic acid groups (broad SMARTS) is 2. The standard InChI is InChI=1S/C23H36O4/c1-2-3-4-5-6-7-8-9-10-11-12-13-14-15-19-16-20(22(24)25)18-21(17-19)23(26)27/h16-18H,2-15H2,1H3,(H,24,25)(H,26,27). The van der Waals surface area contributed by atoms with Gasteiger partial charge >= 0.3 is 11.9 Å². The highest BCUT2D eigenvalue weighted by molar-refractivity contribution is 5.94. The van der Waals surface area contributed by atoms with E-state index in [0.717, 1.165) is 24.8 Å². The summed E-state index contributed by atoms with van der Waals surface area (Å²) in [6.07, 6.45) is 17.5. The van der Waals surface area contributed by atoms with E-state index in [1.165, 1.54) is 76.7 Å². The number of carbonyl (C=O) groups is 2. The maximum Gasteiger partial charge on any atom is 0.335 e. The molecule has 1 rings (SSSR count). The van der Waals surface area contributed by atoms with Crippen molar-refractivity contribution in [3.05, 3.63) is 34.9 Å². The molecule has 1 aromatic carbocycles. The third-order valence-corrected chi connectivity index (χ3v) is 5.06. The Morgan fingerprint density at radius 1 is 0.630 bits per heavy atom. The number of hydrogen-bond donors (Lipinski definition) is 2. The Balaban J connectivity index is 2.11. The van der Waals surface area contributed by atoms with Crippen molar-refractivity contribution < 1.29 is 19.8 Å². The molecule has 0 radical (unpaired) electrons. The first-order chi connectivity index (χ1) is 13.0. The quantitative estimate of drug-likeness (QED) is 0.314. The molecule has 2 N–H and O–H groups in total. The number of benzene rings is 1. The van der Waals surface area contributed by atoms with Gasteiger partial charge in [0.05, 0.1) is 11.1 Å². The lowest BCUT2D eigenvalue weighted by Gasteiger charge is -2.06. The maximum absolute atomic E-state index is 11.1. The smallest absolute Gasteiger partial charge is 0.335 e. The minimum absolute atomic E-state index is 0.0552. The predicted octanol–water partition coefficient (Wildman–Crippen LogP) is 6.72. The Morgan fingerprint density at radius 3 is 1.37 bits per heavy atom. The molecule has 1 aromatic rings. The topological polar surface area (TPSA) is 74.6 Å².